The molecule has 0 aliphatic carbocycles. The summed E-state index contributed by atoms with van der Waals surface area (Å²) in [6.45, 7) is 4.20. The number of nitrogens with zero attached hydrogens (tertiary/aromatic N) is 1. The Morgan fingerprint density at radius 3 is 2.60 bits per heavy atom. The van der Waals surface area contributed by atoms with Gasteiger partial charge in [-0.2, -0.15) is 0 Å². The number of nitrogens with one attached hydrogen (secondary N) is 1. The van der Waals surface area contributed by atoms with Crippen LogP contribution in [0.15, 0.2) is 65.6 Å². The second-order valence-corrected chi connectivity index (χ2v) is 9.46. The first-order valence-corrected chi connectivity index (χ1v) is 13.1. The number of hydrogen-bond acceptors (Lipinski definition) is 6. The maximum Gasteiger partial charge on any atom is 0.251 e. The molecule has 0 spiro atoms. The Labute approximate surface area is 208 Å². The van der Waals surface area contributed by atoms with Gasteiger partial charge in [-0.3, -0.25) is 9.00 Å². The molecule has 1 N–H and O–H groups in total. The summed E-state index contributed by atoms with van der Waals surface area (Å²) in [5.74, 6) is 1.86. The van der Waals surface area contributed by atoms with Crippen molar-refractivity contribution in [2.45, 2.75) is 24.8 Å². The monoisotopic (exact) mass is 494 g/mol. The Bertz CT molecular complexity index is 1210. The molecule has 1 aliphatic heterocycles. The van der Waals surface area contributed by atoms with E-state index in [-0.39, 0.29) is 5.91 Å². The molecule has 1 atom stereocenters. The predicted octanol–water partition coefficient (Wildman–Crippen LogP) is 4.68. The lowest BCUT2D eigenvalue weighted by molar-refractivity contribution is 0.0950. The highest BCUT2D eigenvalue weighted by Gasteiger charge is 2.21. The van der Waals surface area contributed by atoms with Gasteiger partial charge in [-0.05, 0) is 61.4 Å². The molecule has 0 saturated heterocycles. The number of carbonyl (C=O) groups is 1. The molecule has 184 valence electrons. The number of hydrogen-bond donors (Lipinski definition) is 1. The largest absolute Gasteiger partial charge is 0.493 e. The van der Waals surface area contributed by atoms with Crippen LogP contribution in [0.3, 0.4) is 0 Å². The summed E-state index contributed by atoms with van der Waals surface area (Å²) in [6, 6.07) is 18.8. The zero-order chi connectivity index (χ0) is 24.8. The lowest BCUT2D eigenvalue weighted by Crippen LogP contribution is -2.23. The Balaban J connectivity index is 1.53. The van der Waals surface area contributed by atoms with Crippen molar-refractivity contribution >= 4 is 28.1 Å². The highest BCUT2D eigenvalue weighted by atomic mass is 32.2. The molecule has 1 heterocycles. The number of ether oxygens (including phenoxy) is 3. The molecule has 4 rings (SSSR count). The average Bonchev–Trinajstić information content (AvgIpc) is 3.09. The Morgan fingerprint density at radius 1 is 1.09 bits per heavy atom. The summed E-state index contributed by atoms with van der Waals surface area (Å²) in [4.78, 5) is 15.8. The van der Waals surface area contributed by atoms with Crippen LogP contribution in [0.2, 0.25) is 0 Å². The first kappa shape index (κ1) is 24.6. The highest BCUT2D eigenvalue weighted by Crippen LogP contribution is 2.40. The first-order valence-electron chi connectivity index (χ1n) is 11.6. The predicted molar refractivity (Wildman–Crippen MR) is 138 cm³/mol. The number of fused-ring (bicyclic) bond motifs is 1. The van der Waals surface area contributed by atoms with Crippen molar-refractivity contribution in [1.29, 1.82) is 0 Å². The standard InChI is InChI=1S/C27H30N2O5S/c1-4-33-26-17-21(9-13-24(26)32-2)29-14-5-15-34-25-16-20(8-12-23(25)29)27(30)28-18-19-6-10-22(11-7-19)35(3)31/h6-13,16-17H,4-5,14-15,18H2,1-3H3,(H,28,30). The molecule has 0 radical (unpaired) electrons. The van der Waals surface area contributed by atoms with Gasteiger partial charge in [0.1, 0.15) is 5.75 Å². The van der Waals surface area contributed by atoms with Crippen LogP contribution >= 0.6 is 0 Å². The van der Waals surface area contributed by atoms with E-state index in [0.29, 0.717) is 42.6 Å². The second kappa shape index (κ2) is 11.3. The number of amides is 1. The summed E-state index contributed by atoms with van der Waals surface area (Å²) in [6.07, 6.45) is 2.48. The molecule has 0 fully saturated rings. The topological polar surface area (TPSA) is 77.1 Å². The number of carbonyl (C=O) groups excluding carboxylic acids is 1. The highest BCUT2D eigenvalue weighted by molar-refractivity contribution is 7.84. The van der Waals surface area contributed by atoms with Gasteiger partial charge >= 0.3 is 0 Å². The van der Waals surface area contributed by atoms with E-state index in [9.17, 15) is 9.00 Å². The van der Waals surface area contributed by atoms with Gasteiger partial charge < -0.3 is 24.4 Å². The van der Waals surface area contributed by atoms with Crippen molar-refractivity contribution in [3.8, 4) is 17.2 Å². The molecule has 0 aromatic heterocycles. The van der Waals surface area contributed by atoms with E-state index in [2.05, 4.69) is 10.2 Å². The minimum atomic E-state index is -1.02. The number of rotatable bonds is 8. The Morgan fingerprint density at radius 2 is 1.89 bits per heavy atom. The summed E-state index contributed by atoms with van der Waals surface area (Å²) in [5.41, 5.74) is 3.33. The molecular formula is C27H30N2O5S. The van der Waals surface area contributed by atoms with Gasteiger partial charge in [0.2, 0.25) is 0 Å². The minimum absolute atomic E-state index is 0.182. The molecule has 0 bridgehead atoms. The molecule has 1 aliphatic rings. The molecule has 0 saturated carbocycles. The van der Waals surface area contributed by atoms with E-state index in [1.807, 2.05) is 61.5 Å². The molecule has 8 heteroatoms. The van der Waals surface area contributed by atoms with Gasteiger partial charge in [-0.25, -0.2) is 0 Å². The van der Waals surface area contributed by atoms with Crippen molar-refractivity contribution < 1.29 is 23.2 Å². The zero-order valence-electron chi connectivity index (χ0n) is 20.2. The summed E-state index contributed by atoms with van der Waals surface area (Å²) >= 11 is 0. The van der Waals surface area contributed by atoms with Crippen molar-refractivity contribution in [3.05, 3.63) is 71.8 Å². The molecule has 3 aromatic carbocycles. The molecule has 1 amide bonds. The quantitative estimate of drug-likeness (QED) is 0.490. The molecule has 1 unspecified atom stereocenters. The van der Waals surface area contributed by atoms with Crippen LogP contribution in [0.5, 0.6) is 17.2 Å². The van der Waals surface area contributed by atoms with Crippen LogP contribution in [-0.4, -0.2) is 43.2 Å². The maximum absolute atomic E-state index is 12.8. The van der Waals surface area contributed by atoms with Gasteiger partial charge in [-0.15, -0.1) is 0 Å². The fraction of sp³-hybridized carbons (Fsp3) is 0.296. The van der Waals surface area contributed by atoms with Crippen LogP contribution in [0.4, 0.5) is 11.4 Å². The van der Waals surface area contributed by atoms with Gasteiger partial charge in [0.15, 0.2) is 11.5 Å². The zero-order valence-corrected chi connectivity index (χ0v) is 21.0. The minimum Gasteiger partial charge on any atom is -0.493 e. The van der Waals surface area contributed by atoms with E-state index in [4.69, 9.17) is 14.2 Å². The van der Waals surface area contributed by atoms with Gasteiger partial charge in [0.05, 0.1) is 26.0 Å². The second-order valence-electron chi connectivity index (χ2n) is 8.09. The Hall–Kier alpha value is -3.52. The number of anilines is 2. The smallest absolute Gasteiger partial charge is 0.251 e. The third-order valence-electron chi connectivity index (χ3n) is 5.76. The summed E-state index contributed by atoms with van der Waals surface area (Å²) in [5, 5.41) is 2.95. The summed E-state index contributed by atoms with van der Waals surface area (Å²) in [7, 11) is 0.604. The fourth-order valence-corrected chi connectivity index (χ4v) is 4.49. The maximum atomic E-state index is 12.8. The van der Waals surface area contributed by atoms with Crippen molar-refractivity contribution in [2.24, 2.45) is 0 Å². The molecule has 7 nitrogen and oxygen atoms in total. The first-order chi connectivity index (χ1) is 17.0. The van der Waals surface area contributed by atoms with Crippen LogP contribution in [0.1, 0.15) is 29.3 Å². The van der Waals surface area contributed by atoms with Crippen LogP contribution in [0.25, 0.3) is 0 Å². The van der Waals surface area contributed by atoms with Crippen molar-refractivity contribution in [1.82, 2.24) is 5.32 Å². The van der Waals surface area contributed by atoms with Gasteiger partial charge in [-0.1, -0.05) is 12.1 Å². The molecular weight excluding hydrogens is 464 g/mol. The molecule has 3 aromatic rings. The van der Waals surface area contributed by atoms with Gasteiger partial charge in [0, 0.05) is 52.4 Å². The van der Waals surface area contributed by atoms with Crippen molar-refractivity contribution in [3.63, 3.8) is 0 Å². The average molecular weight is 495 g/mol. The van der Waals surface area contributed by atoms with E-state index >= 15 is 0 Å². The lowest BCUT2D eigenvalue weighted by atomic mass is 10.1. The van der Waals surface area contributed by atoms with Gasteiger partial charge in [0.25, 0.3) is 5.91 Å². The van der Waals surface area contributed by atoms with Crippen molar-refractivity contribution in [2.75, 3.05) is 38.0 Å². The third kappa shape index (κ3) is 5.77. The van der Waals surface area contributed by atoms with E-state index in [1.54, 1.807) is 19.4 Å². The fourth-order valence-electron chi connectivity index (χ4n) is 3.97. The lowest BCUT2D eigenvalue weighted by Gasteiger charge is -2.25. The van der Waals surface area contributed by atoms with E-state index in [1.165, 1.54) is 0 Å². The SMILES string of the molecule is CCOc1cc(N2CCCOc3cc(C(=O)NCc4ccc(S(C)=O)cc4)ccc32)ccc1OC. The Kier molecular flexibility index (Phi) is 7.92. The van der Waals surface area contributed by atoms with E-state index < -0.39 is 10.8 Å². The third-order valence-corrected chi connectivity index (χ3v) is 6.70. The summed E-state index contributed by atoms with van der Waals surface area (Å²) < 4.78 is 28.7. The molecule has 35 heavy (non-hydrogen) atoms. The van der Waals surface area contributed by atoms with E-state index in [0.717, 1.165) is 34.8 Å². The number of benzene rings is 3. The van der Waals surface area contributed by atoms with Crippen LogP contribution in [-0.2, 0) is 17.3 Å². The van der Waals surface area contributed by atoms with Crippen LogP contribution < -0.4 is 24.4 Å². The van der Waals surface area contributed by atoms with Crippen LogP contribution in [0, 0.1) is 0 Å². The normalized spacial score (nSPS) is 13.7. The number of methoxy groups -OCH3 is 1.